The van der Waals surface area contributed by atoms with Crippen LogP contribution in [0.5, 0.6) is 11.5 Å². The molecule has 14 aliphatic rings. The second-order valence-corrected chi connectivity index (χ2v) is 30.5. The summed E-state index contributed by atoms with van der Waals surface area (Å²) in [7, 11) is 3.91. The molecule has 0 unspecified atom stereocenters. The molecule has 5 saturated carbocycles. The maximum absolute atomic E-state index is 13.3. The molecule has 0 radical (unpaired) electrons. The highest BCUT2D eigenvalue weighted by Crippen LogP contribution is 2.86. The first-order valence-electron chi connectivity index (χ1n) is 31.3. The van der Waals surface area contributed by atoms with E-state index in [9.17, 15) is 30.3 Å². The minimum absolute atomic E-state index is 0.0356. The number of fused-ring (bicyclic) bond motifs is 5. The van der Waals surface area contributed by atoms with Crippen LogP contribution in [0.2, 0.25) is 0 Å². The summed E-state index contributed by atoms with van der Waals surface area (Å²) in [5.74, 6) is 18.1. The number of aliphatic hydroxyl groups is 4. The molecule has 432 valence electrons. The molecule has 81 heavy (non-hydrogen) atoms. The van der Waals surface area contributed by atoms with Crippen LogP contribution in [0.1, 0.15) is 133 Å². The molecule has 6 spiro atoms. The van der Waals surface area contributed by atoms with Gasteiger partial charge in [0.2, 0.25) is 0 Å². The Labute approximate surface area is 485 Å². The van der Waals surface area contributed by atoms with Gasteiger partial charge in [-0.2, -0.15) is 0 Å². The number of aromatic hydroxyl groups is 1. The van der Waals surface area contributed by atoms with Gasteiger partial charge in [0.15, 0.2) is 23.7 Å². The number of nitrogens with two attached hydrogens (primary N) is 1. The van der Waals surface area contributed by atoms with Crippen molar-refractivity contribution < 1.29 is 39.8 Å². The van der Waals surface area contributed by atoms with Gasteiger partial charge in [0.1, 0.15) is 12.2 Å². The summed E-state index contributed by atoms with van der Waals surface area (Å²) in [6.45, 7) is 3.40. The standard InChI is InChI=1S/C66H83N5O8S2/c1-37(72)78-53-30-46(73)19-23-62-22-17-39-26-38-7-14-48(34-68-35-61(32-38)33-47(20-25-69-61)79-54-29-41(28-49(39)53)50(59(76)77)31-52(54)74)81-80-36-64(71-60(67)70-56(62)5-2-6-57(62)75)55-16-13-42-4-3-21-63(42)24-18-45-27-40-8-9-43-10-11-44-12-15-51(66(45,55)63)58(40)65(43,44)64/h2,5,12-13,15-16,27,29,31,38-39,42-49,51,53,55-59,68-69,73-77H,3-4,6,8-11,18-21,23-26,28,30,32-36H2,1H3,(H3,67,70,71)/t38-,39-,42+,43+,44-,45-,46+,47-,48-,49+,51+,53+,55+,56-,57-,58+,61-,62+,63+,64+,65-,66+/m1/s1. The van der Waals surface area contributed by atoms with E-state index in [1.54, 1.807) is 11.6 Å². The van der Waals surface area contributed by atoms with Crippen molar-refractivity contribution in [3.8, 4) is 35.2 Å². The molecular weight excluding hydrogens is 1050 g/mol. The van der Waals surface area contributed by atoms with Gasteiger partial charge in [-0.15, -0.1) is 0 Å². The van der Waals surface area contributed by atoms with Crippen LogP contribution >= 0.6 is 21.6 Å². The second kappa shape index (κ2) is 19.8. The number of aliphatic hydroxyl groups excluding tert-OH is 3. The number of carbonyl (C=O) groups excluding carboxylic acids is 1. The molecule has 1 aromatic rings. The minimum atomic E-state index is -1.93. The lowest BCUT2D eigenvalue weighted by Gasteiger charge is -2.78. The van der Waals surface area contributed by atoms with Crippen molar-refractivity contribution in [3.05, 3.63) is 71.4 Å². The van der Waals surface area contributed by atoms with Gasteiger partial charge in [-0.05, 0) is 167 Å². The summed E-state index contributed by atoms with van der Waals surface area (Å²) in [6.07, 6.45) is 27.7. The summed E-state index contributed by atoms with van der Waals surface area (Å²) in [5, 5.41) is 71.1. The van der Waals surface area contributed by atoms with E-state index < -0.39 is 64.9 Å². The van der Waals surface area contributed by atoms with Gasteiger partial charge in [0.05, 0.1) is 34.5 Å². The number of rotatable bonds is 2. The Hall–Kier alpha value is -3.90. The van der Waals surface area contributed by atoms with Gasteiger partial charge < -0.3 is 56.7 Å². The molecule has 15 rings (SSSR count). The minimum Gasteiger partial charge on any atom is -0.504 e. The van der Waals surface area contributed by atoms with Crippen molar-refractivity contribution in [2.75, 3.05) is 25.4 Å². The van der Waals surface area contributed by atoms with Gasteiger partial charge in [-0.25, -0.2) is 4.99 Å². The van der Waals surface area contributed by atoms with Gasteiger partial charge in [-0.1, -0.05) is 99.8 Å². The smallest absolute Gasteiger partial charge is 0.302 e. The number of carbonyl (C=O) groups is 1. The lowest BCUT2D eigenvalue weighted by atomic mass is 9.27. The monoisotopic (exact) mass is 1140 g/mol. The molecule has 15 heteroatoms. The van der Waals surface area contributed by atoms with Crippen molar-refractivity contribution >= 4 is 33.5 Å². The highest BCUT2D eigenvalue weighted by atomic mass is 33.1. The number of aliphatic imine (C=N–C) groups is 1. The lowest BCUT2D eigenvalue weighted by Crippen LogP contribution is -2.83. The number of piperidine rings is 1. The van der Waals surface area contributed by atoms with E-state index in [-0.39, 0.29) is 75.8 Å². The first-order chi connectivity index (χ1) is 39.2. The van der Waals surface area contributed by atoms with E-state index in [0.29, 0.717) is 105 Å². The third-order valence-electron chi connectivity index (χ3n) is 24.6. The molecule has 12 bridgehead atoms. The fourth-order valence-corrected chi connectivity index (χ4v) is 24.9. The molecule has 1 aromatic carbocycles. The van der Waals surface area contributed by atoms with Crippen LogP contribution in [-0.2, 0) is 16.0 Å². The van der Waals surface area contributed by atoms with E-state index in [1.165, 1.54) is 70.8 Å². The van der Waals surface area contributed by atoms with Crippen LogP contribution in [0.3, 0.4) is 0 Å². The number of benzene rings is 1. The summed E-state index contributed by atoms with van der Waals surface area (Å²) in [4.78, 5) is 19.0. The molecule has 0 aromatic heterocycles. The van der Waals surface area contributed by atoms with Gasteiger partial charge in [0, 0.05) is 78.8 Å². The zero-order valence-electron chi connectivity index (χ0n) is 46.9. The Balaban J connectivity index is 0.947. The highest BCUT2D eigenvalue weighted by Gasteiger charge is 2.84. The van der Waals surface area contributed by atoms with Crippen LogP contribution in [0.15, 0.2) is 65.2 Å². The topological polar surface area (TPSA) is 211 Å². The number of hydrogen-bond acceptors (Lipinski definition) is 15. The van der Waals surface area contributed by atoms with Crippen LogP contribution < -0.4 is 26.4 Å². The molecule has 22 atom stereocenters. The molecule has 0 amide bonds. The molecular formula is C66H83N5O8S2. The van der Waals surface area contributed by atoms with Crippen molar-refractivity contribution in [3.63, 3.8) is 0 Å². The highest BCUT2D eigenvalue weighted by molar-refractivity contribution is 8.77. The Morgan fingerprint density at radius 2 is 1.83 bits per heavy atom. The summed E-state index contributed by atoms with van der Waals surface area (Å²) < 4.78 is 13.1. The quantitative estimate of drug-likeness (QED) is 0.0461. The lowest BCUT2D eigenvalue weighted by molar-refractivity contribution is -0.227. The average molecular weight is 1140 g/mol. The van der Waals surface area contributed by atoms with Crippen molar-refractivity contribution in [1.82, 2.24) is 16.0 Å². The van der Waals surface area contributed by atoms with E-state index in [1.807, 2.05) is 27.7 Å². The molecule has 4 aliphatic heterocycles. The fourth-order valence-electron chi connectivity index (χ4n) is 22.0. The summed E-state index contributed by atoms with van der Waals surface area (Å²) in [6, 6.07) is 2.42. The molecule has 6 fully saturated rings. The van der Waals surface area contributed by atoms with Gasteiger partial charge in [-0.3, -0.25) is 4.79 Å². The predicted octanol–water partition coefficient (Wildman–Crippen LogP) is 7.53. The van der Waals surface area contributed by atoms with Gasteiger partial charge in [0.25, 0.3) is 0 Å². The Morgan fingerprint density at radius 3 is 2.70 bits per heavy atom. The largest absolute Gasteiger partial charge is 0.504 e. The van der Waals surface area contributed by atoms with Crippen LogP contribution in [0, 0.1) is 105 Å². The number of allylic oxidation sites excluding steroid dienone is 5. The fraction of sp³-hybridized carbons (Fsp3) is 0.697. The van der Waals surface area contributed by atoms with E-state index in [0.717, 1.165) is 5.75 Å². The van der Waals surface area contributed by atoms with Crippen molar-refractivity contribution in [2.45, 2.75) is 176 Å². The maximum atomic E-state index is 13.3. The molecule has 4 heterocycles. The second-order valence-electron chi connectivity index (χ2n) is 27.9. The Bertz CT molecular complexity index is 3030. The first kappa shape index (κ1) is 53.8. The molecule has 10 aliphatic carbocycles. The SMILES string of the molecule is CC(=O)O[C@H]1C[C@@H](O)CC[C@@]23C#C[C@@H]4C[C@H]5C#C[C@H](CNC[C@@]6(C5)C[C@@H](CCN6)Oc5cc(c(C(O)O)cc5O)C[C@@H]41)SSC[C@]1(NC(N)=N[C@@H]2C=CC[C@H]3O)[C@@H]2C=C[C@@H]3CCC[C@]34CC[C@@H]3C=C5CC[C@H]6CC[C@@H]7C=C[C@@H]([C@H]5[C@@]671)[C@]234. The van der Waals surface area contributed by atoms with Crippen LogP contribution in [0.25, 0.3) is 0 Å². The van der Waals surface area contributed by atoms with E-state index >= 15 is 0 Å². The van der Waals surface area contributed by atoms with E-state index in [4.69, 9.17) is 20.2 Å². The number of guanidine groups is 1. The molecule has 10 N–H and O–H groups in total. The van der Waals surface area contributed by atoms with Crippen LogP contribution in [0.4, 0.5) is 0 Å². The maximum Gasteiger partial charge on any atom is 0.302 e. The predicted molar refractivity (Wildman–Crippen MR) is 314 cm³/mol. The number of nitrogens with zero attached hydrogens (tertiary/aromatic N) is 1. The third kappa shape index (κ3) is 7.89. The average Bonchev–Trinajstić information content (AvgIpc) is 1.68. The Kier molecular flexibility index (Phi) is 13.2. The molecule has 1 saturated heterocycles. The third-order valence-corrected chi connectivity index (χ3v) is 27.3. The van der Waals surface area contributed by atoms with Crippen molar-refractivity contribution in [2.24, 2.45) is 91.6 Å². The Morgan fingerprint density at radius 1 is 0.938 bits per heavy atom. The van der Waals surface area contributed by atoms with Gasteiger partial charge >= 0.3 is 5.97 Å². The number of hydrogen-bond donors (Lipinski definition) is 9. The zero-order chi connectivity index (χ0) is 55.3. The summed E-state index contributed by atoms with van der Waals surface area (Å²) >= 11 is 0. The number of ether oxygens (including phenoxy) is 2. The summed E-state index contributed by atoms with van der Waals surface area (Å²) in [5.41, 5.74) is 8.20. The number of esters is 1. The number of phenols is 1. The van der Waals surface area contributed by atoms with Crippen LogP contribution in [-0.4, -0.2) is 110 Å². The number of phenolic OH excluding ortho intramolecular Hbond substituents is 1. The van der Waals surface area contributed by atoms with Crippen molar-refractivity contribution in [1.29, 1.82) is 0 Å². The number of nitrogens with one attached hydrogen (secondary N) is 3. The molecule has 13 nitrogen and oxygen atoms in total. The first-order valence-corrected chi connectivity index (χ1v) is 33.6. The zero-order valence-corrected chi connectivity index (χ0v) is 48.5. The van der Waals surface area contributed by atoms with E-state index in [2.05, 4.69) is 76.1 Å². The normalized spacial score (nSPS) is 48.5.